The number of nitrogens with zero attached hydrogens (tertiary/aromatic N) is 1. The maximum absolute atomic E-state index is 12.5. The zero-order valence-corrected chi connectivity index (χ0v) is 13.2. The second-order valence-corrected chi connectivity index (χ2v) is 5.71. The van der Waals surface area contributed by atoms with E-state index < -0.39 is 5.92 Å². The normalized spacial score (nSPS) is 11.8. The Hall–Kier alpha value is -1.82. The summed E-state index contributed by atoms with van der Waals surface area (Å²) >= 11 is 11.8. The molecule has 0 saturated heterocycles. The van der Waals surface area contributed by atoms with Gasteiger partial charge in [0, 0.05) is 5.56 Å². The third-order valence-corrected chi connectivity index (χ3v) is 4.20. The molecule has 0 aliphatic heterocycles. The van der Waals surface area contributed by atoms with Crippen molar-refractivity contribution in [1.82, 2.24) is 0 Å². The molecule has 0 N–H and O–H groups in total. The van der Waals surface area contributed by atoms with E-state index in [2.05, 4.69) is 6.07 Å². The summed E-state index contributed by atoms with van der Waals surface area (Å²) in [5, 5.41) is 10.1. The predicted octanol–water partition coefficient (Wildman–Crippen LogP) is 5.10. The fraction of sp³-hybridized carbons (Fsp3) is 0.176. The number of ketones is 1. The van der Waals surface area contributed by atoms with E-state index in [1.54, 1.807) is 12.1 Å². The Morgan fingerprint density at radius 2 is 1.76 bits per heavy atom. The molecule has 106 valence electrons. The monoisotopic (exact) mass is 317 g/mol. The van der Waals surface area contributed by atoms with Crippen LogP contribution in [-0.2, 0) is 0 Å². The molecular weight excluding hydrogens is 305 g/mol. The smallest absolute Gasteiger partial charge is 0.184 e. The van der Waals surface area contributed by atoms with E-state index in [4.69, 9.17) is 23.2 Å². The lowest BCUT2D eigenvalue weighted by Crippen LogP contribution is -2.11. The van der Waals surface area contributed by atoms with Crippen LogP contribution in [-0.4, -0.2) is 5.78 Å². The SMILES string of the molecule is Cc1ccc(C(C#N)C(=O)c2ccc(Cl)c(Cl)c2)cc1C. The summed E-state index contributed by atoms with van der Waals surface area (Å²) in [6.07, 6.45) is 0. The highest BCUT2D eigenvalue weighted by Crippen LogP contribution is 2.27. The first-order chi connectivity index (χ1) is 9.93. The van der Waals surface area contributed by atoms with Gasteiger partial charge in [0.25, 0.3) is 0 Å². The van der Waals surface area contributed by atoms with Crippen molar-refractivity contribution in [3.63, 3.8) is 0 Å². The Morgan fingerprint density at radius 3 is 2.33 bits per heavy atom. The molecule has 0 aliphatic carbocycles. The number of carbonyl (C=O) groups excluding carboxylic acids is 1. The van der Waals surface area contributed by atoms with Crippen LogP contribution in [0.4, 0.5) is 0 Å². The highest BCUT2D eigenvalue weighted by atomic mass is 35.5. The minimum absolute atomic E-state index is 0.278. The average molecular weight is 318 g/mol. The van der Waals surface area contributed by atoms with E-state index in [0.29, 0.717) is 21.2 Å². The standard InChI is InChI=1S/C17H13Cl2NO/c1-10-3-4-12(7-11(10)2)14(9-20)17(21)13-5-6-15(18)16(19)8-13/h3-8,14H,1-2H3. The van der Waals surface area contributed by atoms with E-state index in [-0.39, 0.29) is 5.78 Å². The van der Waals surface area contributed by atoms with Crippen LogP contribution in [0.3, 0.4) is 0 Å². The lowest BCUT2D eigenvalue weighted by Gasteiger charge is -2.11. The summed E-state index contributed by atoms with van der Waals surface area (Å²) in [6, 6.07) is 12.3. The molecule has 0 amide bonds. The third kappa shape index (κ3) is 3.26. The molecular formula is C17H13Cl2NO. The highest BCUT2D eigenvalue weighted by molar-refractivity contribution is 6.42. The molecule has 0 aromatic heterocycles. The van der Waals surface area contributed by atoms with Gasteiger partial charge in [-0.05, 0) is 48.7 Å². The van der Waals surface area contributed by atoms with Crippen LogP contribution in [0.5, 0.6) is 0 Å². The number of benzene rings is 2. The van der Waals surface area contributed by atoms with Crippen LogP contribution >= 0.6 is 23.2 Å². The van der Waals surface area contributed by atoms with E-state index in [1.165, 1.54) is 6.07 Å². The van der Waals surface area contributed by atoms with Crippen molar-refractivity contribution in [3.05, 3.63) is 68.7 Å². The Labute approximate surface area is 133 Å². The zero-order valence-electron chi connectivity index (χ0n) is 11.7. The number of Topliss-reactive ketones (excluding diaryl/α,β-unsaturated/α-hetero) is 1. The maximum atomic E-state index is 12.5. The minimum Gasteiger partial charge on any atom is -0.292 e. The first-order valence-electron chi connectivity index (χ1n) is 6.40. The molecule has 21 heavy (non-hydrogen) atoms. The van der Waals surface area contributed by atoms with Crippen LogP contribution < -0.4 is 0 Å². The Kier molecular flexibility index (Phi) is 4.67. The Bertz CT molecular complexity index is 747. The molecule has 1 unspecified atom stereocenters. The minimum atomic E-state index is -0.846. The van der Waals surface area contributed by atoms with Gasteiger partial charge in [0.1, 0.15) is 5.92 Å². The zero-order chi connectivity index (χ0) is 15.6. The number of carbonyl (C=O) groups is 1. The second-order valence-electron chi connectivity index (χ2n) is 4.90. The van der Waals surface area contributed by atoms with Gasteiger partial charge < -0.3 is 0 Å². The molecule has 1 atom stereocenters. The van der Waals surface area contributed by atoms with Gasteiger partial charge in [-0.2, -0.15) is 5.26 Å². The Balaban J connectivity index is 2.41. The van der Waals surface area contributed by atoms with Gasteiger partial charge in [0.05, 0.1) is 16.1 Å². The van der Waals surface area contributed by atoms with Gasteiger partial charge in [0.2, 0.25) is 0 Å². The lowest BCUT2D eigenvalue weighted by molar-refractivity contribution is 0.0979. The molecule has 0 fully saturated rings. The summed E-state index contributed by atoms with van der Waals surface area (Å²) < 4.78 is 0. The second kappa shape index (κ2) is 6.30. The van der Waals surface area contributed by atoms with Crippen LogP contribution in [0.25, 0.3) is 0 Å². The number of hydrogen-bond acceptors (Lipinski definition) is 2. The molecule has 2 aromatic carbocycles. The summed E-state index contributed by atoms with van der Waals surface area (Å²) in [5.74, 6) is -1.12. The molecule has 4 heteroatoms. The quantitative estimate of drug-likeness (QED) is 0.739. The molecule has 0 aliphatic rings. The molecule has 2 nitrogen and oxygen atoms in total. The van der Waals surface area contributed by atoms with E-state index >= 15 is 0 Å². The first-order valence-corrected chi connectivity index (χ1v) is 7.15. The van der Waals surface area contributed by atoms with Crippen molar-refractivity contribution in [3.8, 4) is 6.07 Å². The number of halogens is 2. The fourth-order valence-corrected chi connectivity index (χ4v) is 2.34. The predicted molar refractivity (Wildman–Crippen MR) is 85.1 cm³/mol. The summed E-state index contributed by atoms with van der Waals surface area (Å²) in [7, 11) is 0. The largest absolute Gasteiger partial charge is 0.292 e. The van der Waals surface area contributed by atoms with Crippen molar-refractivity contribution in [2.24, 2.45) is 0 Å². The molecule has 0 bridgehead atoms. The number of nitriles is 1. The number of rotatable bonds is 3. The van der Waals surface area contributed by atoms with Gasteiger partial charge in [-0.3, -0.25) is 4.79 Å². The maximum Gasteiger partial charge on any atom is 0.184 e. The Morgan fingerprint density at radius 1 is 1.05 bits per heavy atom. The average Bonchev–Trinajstić information content (AvgIpc) is 2.46. The van der Waals surface area contributed by atoms with Crippen LogP contribution in [0.15, 0.2) is 36.4 Å². The van der Waals surface area contributed by atoms with E-state index in [0.717, 1.165) is 11.1 Å². The van der Waals surface area contributed by atoms with Gasteiger partial charge in [-0.25, -0.2) is 0 Å². The molecule has 0 heterocycles. The van der Waals surface area contributed by atoms with E-state index in [1.807, 2.05) is 32.0 Å². The molecule has 0 spiro atoms. The fourth-order valence-electron chi connectivity index (χ4n) is 2.04. The van der Waals surface area contributed by atoms with Crippen molar-refractivity contribution in [1.29, 1.82) is 5.26 Å². The van der Waals surface area contributed by atoms with Crippen LogP contribution in [0.1, 0.15) is 33.0 Å². The third-order valence-electron chi connectivity index (χ3n) is 3.46. The highest BCUT2D eigenvalue weighted by Gasteiger charge is 2.22. The van der Waals surface area contributed by atoms with Crippen molar-refractivity contribution < 1.29 is 4.79 Å². The summed E-state index contributed by atoms with van der Waals surface area (Å²) in [4.78, 5) is 12.5. The van der Waals surface area contributed by atoms with Gasteiger partial charge in [0.15, 0.2) is 5.78 Å². The molecule has 2 aromatic rings. The van der Waals surface area contributed by atoms with Crippen LogP contribution in [0.2, 0.25) is 10.0 Å². The van der Waals surface area contributed by atoms with Crippen molar-refractivity contribution in [2.45, 2.75) is 19.8 Å². The summed E-state index contributed by atoms with van der Waals surface area (Å²) in [6.45, 7) is 3.94. The van der Waals surface area contributed by atoms with Crippen LogP contribution in [0, 0.1) is 25.2 Å². The van der Waals surface area contributed by atoms with Crippen molar-refractivity contribution in [2.75, 3.05) is 0 Å². The van der Waals surface area contributed by atoms with Gasteiger partial charge in [-0.1, -0.05) is 41.4 Å². The van der Waals surface area contributed by atoms with Gasteiger partial charge in [-0.15, -0.1) is 0 Å². The topological polar surface area (TPSA) is 40.9 Å². The molecule has 2 rings (SSSR count). The van der Waals surface area contributed by atoms with E-state index in [9.17, 15) is 10.1 Å². The first kappa shape index (κ1) is 15.6. The number of hydrogen-bond donors (Lipinski definition) is 0. The molecule has 0 radical (unpaired) electrons. The van der Waals surface area contributed by atoms with Gasteiger partial charge >= 0.3 is 0 Å². The van der Waals surface area contributed by atoms with Crippen molar-refractivity contribution >= 4 is 29.0 Å². The molecule has 0 saturated carbocycles. The number of aryl methyl sites for hydroxylation is 2. The lowest BCUT2D eigenvalue weighted by atomic mass is 9.90. The summed E-state index contributed by atoms with van der Waals surface area (Å²) in [5.41, 5.74) is 3.25.